The molecular weight excluding hydrogens is 403 g/mol. The maximum Gasteiger partial charge on any atom is 0.151 e. The summed E-state index contributed by atoms with van der Waals surface area (Å²) in [5.74, 6) is 2.38. The molecule has 2 saturated carbocycles. The van der Waals surface area contributed by atoms with Crippen LogP contribution >= 0.6 is 0 Å². The second-order valence-electron chi connectivity index (χ2n) is 9.89. The number of aryl methyl sites for hydroxylation is 1. The van der Waals surface area contributed by atoms with Crippen LogP contribution in [-0.2, 0) is 16.4 Å². The van der Waals surface area contributed by atoms with Gasteiger partial charge < -0.3 is 0 Å². The third-order valence-corrected chi connectivity index (χ3v) is 10.0. The molecule has 4 fully saturated rings. The molecule has 0 aromatic carbocycles. The van der Waals surface area contributed by atoms with Gasteiger partial charge in [0.1, 0.15) is 5.82 Å². The van der Waals surface area contributed by atoms with Crippen LogP contribution in [-0.4, -0.2) is 58.7 Å². The lowest BCUT2D eigenvalue weighted by Gasteiger charge is -2.38. The molecule has 1 spiro atoms. The van der Waals surface area contributed by atoms with E-state index >= 15 is 0 Å². The van der Waals surface area contributed by atoms with Crippen molar-refractivity contribution in [1.82, 2.24) is 19.7 Å². The number of rotatable bonds is 4. The molecule has 2 aromatic heterocycles. The van der Waals surface area contributed by atoms with Crippen molar-refractivity contribution in [3.05, 3.63) is 36.0 Å². The van der Waals surface area contributed by atoms with Crippen molar-refractivity contribution in [1.29, 1.82) is 0 Å². The summed E-state index contributed by atoms with van der Waals surface area (Å²) < 4.78 is 39.0. The predicted molar refractivity (Wildman–Crippen MR) is 111 cm³/mol. The Morgan fingerprint density at radius 3 is 2.63 bits per heavy atom. The molecule has 2 aliphatic heterocycles. The normalized spacial score (nSPS) is 33.5. The average molecular weight is 431 g/mol. The summed E-state index contributed by atoms with van der Waals surface area (Å²) in [6.45, 7) is 4.92. The Bertz CT molecular complexity index is 1090. The van der Waals surface area contributed by atoms with E-state index in [1.54, 1.807) is 6.20 Å². The van der Waals surface area contributed by atoms with E-state index in [-0.39, 0.29) is 11.2 Å². The van der Waals surface area contributed by atoms with Gasteiger partial charge in [0, 0.05) is 47.9 Å². The Kier molecular flexibility index (Phi) is 4.01. The predicted octanol–water partition coefficient (Wildman–Crippen LogP) is 2.72. The van der Waals surface area contributed by atoms with E-state index in [0.29, 0.717) is 35.3 Å². The Labute approximate surface area is 176 Å². The SMILES string of the molecule is CCn1nc(-c2cncc(F)c2)cc1C1[C@H]2CC(N3CCC4(C3)CS(=O)(=O)C4)C[C@@H]12. The van der Waals surface area contributed by atoms with Crippen LogP contribution in [0.15, 0.2) is 24.5 Å². The summed E-state index contributed by atoms with van der Waals surface area (Å²) in [6.07, 6.45) is 6.32. The van der Waals surface area contributed by atoms with Crippen LogP contribution in [0.1, 0.15) is 37.8 Å². The largest absolute Gasteiger partial charge is 0.300 e. The van der Waals surface area contributed by atoms with Crippen LogP contribution < -0.4 is 0 Å². The van der Waals surface area contributed by atoms with Gasteiger partial charge in [0.05, 0.1) is 23.4 Å². The van der Waals surface area contributed by atoms with Gasteiger partial charge in [-0.1, -0.05) is 0 Å². The van der Waals surface area contributed by atoms with Gasteiger partial charge in [0.2, 0.25) is 0 Å². The highest BCUT2D eigenvalue weighted by Gasteiger charge is 2.60. The molecule has 30 heavy (non-hydrogen) atoms. The van der Waals surface area contributed by atoms with Gasteiger partial charge in [-0.2, -0.15) is 5.10 Å². The molecule has 8 heteroatoms. The fraction of sp³-hybridized carbons (Fsp3) is 0.636. The van der Waals surface area contributed by atoms with Crippen molar-refractivity contribution in [2.45, 2.75) is 44.7 Å². The average Bonchev–Trinajstić information content (AvgIpc) is 3.11. The molecule has 160 valence electrons. The Morgan fingerprint density at radius 2 is 1.97 bits per heavy atom. The number of pyridine rings is 1. The molecule has 4 aliphatic rings. The van der Waals surface area contributed by atoms with Crippen molar-refractivity contribution in [2.24, 2.45) is 17.3 Å². The number of likely N-dealkylation sites (tertiary alicyclic amines) is 1. The lowest BCUT2D eigenvalue weighted by molar-refractivity contribution is 0.201. The first-order chi connectivity index (χ1) is 14.4. The quantitative estimate of drug-likeness (QED) is 0.746. The third-order valence-electron chi connectivity index (χ3n) is 7.91. The monoisotopic (exact) mass is 430 g/mol. The van der Waals surface area contributed by atoms with E-state index in [1.807, 2.05) is 0 Å². The molecule has 4 heterocycles. The van der Waals surface area contributed by atoms with E-state index in [2.05, 4.69) is 27.6 Å². The van der Waals surface area contributed by atoms with E-state index in [0.717, 1.165) is 37.3 Å². The molecule has 0 amide bonds. The summed E-state index contributed by atoms with van der Waals surface area (Å²) >= 11 is 0. The fourth-order valence-corrected chi connectivity index (χ4v) is 8.86. The molecule has 2 aliphatic carbocycles. The van der Waals surface area contributed by atoms with E-state index in [4.69, 9.17) is 5.10 Å². The topological polar surface area (TPSA) is 68.1 Å². The summed E-state index contributed by atoms with van der Waals surface area (Å²) in [7, 11) is -2.76. The summed E-state index contributed by atoms with van der Waals surface area (Å²) in [4.78, 5) is 6.53. The highest BCUT2D eigenvalue weighted by atomic mass is 32.2. The number of nitrogens with zero attached hydrogens (tertiary/aromatic N) is 4. The first-order valence-electron chi connectivity index (χ1n) is 11.0. The molecule has 0 bridgehead atoms. The molecule has 2 aromatic rings. The van der Waals surface area contributed by atoms with Gasteiger partial charge in [-0.15, -0.1) is 0 Å². The molecule has 2 unspecified atom stereocenters. The highest BCUT2D eigenvalue weighted by Crippen LogP contribution is 2.64. The third kappa shape index (κ3) is 2.94. The summed E-state index contributed by atoms with van der Waals surface area (Å²) in [5.41, 5.74) is 2.85. The second kappa shape index (κ2) is 6.36. The molecular formula is C22H27FN4O2S. The van der Waals surface area contributed by atoms with Crippen molar-refractivity contribution in [2.75, 3.05) is 24.6 Å². The number of aromatic nitrogens is 3. The molecule has 4 atom stereocenters. The number of halogens is 1. The minimum atomic E-state index is -2.76. The maximum atomic E-state index is 13.6. The second-order valence-corrected chi connectivity index (χ2v) is 12.0. The zero-order valence-electron chi connectivity index (χ0n) is 17.2. The fourth-order valence-electron chi connectivity index (χ4n) is 6.60. The number of fused-ring (bicyclic) bond motifs is 1. The minimum Gasteiger partial charge on any atom is -0.300 e. The number of hydrogen-bond acceptors (Lipinski definition) is 5. The lowest BCUT2D eigenvalue weighted by atomic mass is 9.91. The van der Waals surface area contributed by atoms with E-state index in [9.17, 15) is 12.8 Å². The van der Waals surface area contributed by atoms with Gasteiger partial charge in [0.25, 0.3) is 0 Å². The van der Waals surface area contributed by atoms with E-state index < -0.39 is 9.84 Å². The molecule has 0 radical (unpaired) electrons. The molecule has 6 rings (SSSR count). The Balaban J connectivity index is 1.14. The van der Waals surface area contributed by atoms with Gasteiger partial charge in [-0.25, -0.2) is 12.8 Å². The van der Waals surface area contributed by atoms with Gasteiger partial charge in [-0.3, -0.25) is 14.6 Å². The van der Waals surface area contributed by atoms with Crippen LogP contribution in [0.2, 0.25) is 0 Å². The van der Waals surface area contributed by atoms with Crippen molar-refractivity contribution in [3.8, 4) is 11.3 Å². The zero-order chi connectivity index (χ0) is 20.7. The first-order valence-corrected chi connectivity index (χ1v) is 12.8. The van der Waals surface area contributed by atoms with Crippen molar-refractivity contribution < 1.29 is 12.8 Å². The van der Waals surface area contributed by atoms with Crippen LogP contribution in [0.25, 0.3) is 11.3 Å². The Morgan fingerprint density at radius 1 is 1.20 bits per heavy atom. The van der Waals surface area contributed by atoms with Crippen molar-refractivity contribution in [3.63, 3.8) is 0 Å². The number of hydrogen-bond donors (Lipinski definition) is 0. The smallest absolute Gasteiger partial charge is 0.151 e. The number of sulfone groups is 1. The molecule has 2 saturated heterocycles. The lowest BCUT2D eigenvalue weighted by Crippen LogP contribution is -2.50. The summed E-state index contributed by atoms with van der Waals surface area (Å²) in [6, 6.07) is 4.22. The zero-order valence-corrected chi connectivity index (χ0v) is 18.0. The molecule has 0 N–H and O–H groups in total. The van der Waals surface area contributed by atoms with Crippen LogP contribution in [0.5, 0.6) is 0 Å². The standard InChI is InChI=1S/C22H27FN4O2S/c1-2-27-20(8-19(25-27)14-5-15(23)10-24-9-14)21-17-6-16(7-18(17)21)26-4-3-22(11-26)12-30(28,29)13-22/h5,8-10,16-18,21H,2-4,6-7,11-13H2,1H3/t16?,17-,18+,21?. The van der Waals surface area contributed by atoms with Crippen molar-refractivity contribution >= 4 is 9.84 Å². The maximum absolute atomic E-state index is 13.6. The van der Waals surface area contributed by atoms with Gasteiger partial charge in [0.15, 0.2) is 9.84 Å². The van der Waals surface area contributed by atoms with E-state index in [1.165, 1.54) is 30.8 Å². The summed E-state index contributed by atoms with van der Waals surface area (Å²) in [5, 5.41) is 4.72. The molecule has 6 nitrogen and oxygen atoms in total. The Hall–Kier alpha value is -1.80. The van der Waals surface area contributed by atoms with Gasteiger partial charge >= 0.3 is 0 Å². The van der Waals surface area contributed by atoms with Crippen LogP contribution in [0.4, 0.5) is 4.39 Å². The highest BCUT2D eigenvalue weighted by molar-refractivity contribution is 7.92. The first kappa shape index (κ1) is 18.9. The van der Waals surface area contributed by atoms with Crippen LogP contribution in [0, 0.1) is 23.1 Å². The van der Waals surface area contributed by atoms with Gasteiger partial charge in [-0.05, 0) is 56.7 Å². The van der Waals surface area contributed by atoms with Crippen LogP contribution in [0.3, 0.4) is 0 Å². The minimum absolute atomic E-state index is 0.0553.